The normalized spacial score (nSPS) is 24.5. The fraction of sp³-hybridized carbons (Fsp3) is 0.559. The summed E-state index contributed by atoms with van der Waals surface area (Å²) in [6.45, 7) is 5.90. The van der Waals surface area contributed by atoms with E-state index in [9.17, 15) is 9.59 Å². The number of fused-ring (bicyclic) bond motifs is 1. The minimum absolute atomic E-state index is 0.00111. The van der Waals surface area contributed by atoms with E-state index in [2.05, 4.69) is 26.9 Å². The van der Waals surface area contributed by atoms with Crippen LogP contribution in [-0.4, -0.2) is 39.5 Å². The third-order valence-electron chi connectivity index (χ3n) is 10.8. The van der Waals surface area contributed by atoms with Gasteiger partial charge >= 0.3 is 0 Å². The summed E-state index contributed by atoms with van der Waals surface area (Å²) >= 11 is 13.5. The number of halogens is 2. The molecule has 3 aromatic rings. The van der Waals surface area contributed by atoms with Gasteiger partial charge in [0, 0.05) is 42.5 Å². The molecule has 4 aliphatic rings. The number of imidazole rings is 1. The molecule has 3 saturated carbocycles. The maximum Gasteiger partial charge on any atom is 0.253 e. The summed E-state index contributed by atoms with van der Waals surface area (Å²) < 4.78 is 2.00. The number of aryl methyl sites for hydroxylation is 1. The van der Waals surface area contributed by atoms with E-state index in [1.807, 2.05) is 44.5 Å². The Morgan fingerprint density at radius 1 is 1.02 bits per heavy atom. The molecular weight excluding hydrogens is 595 g/mol. The van der Waals surface area contributed by atoms with Crippen molar-refractivity contribution < 1.29 is 9.59 Å². The molecule has 3 aliphatic carbocycles. The molecule has 2 unspecified atom stereocenters. The first kappa shape index (κ1) is 29.7. The predicted molar refractivity (Wildman–Crippen MR) is 177 cm³/mol. The topological polar surface area (TPSA) is 91.3 Å². The Bertz CT molecular complexity index is 1640. The molecule has 4 fully saturated rings. The molecule has 1 spiro atoms. The molecule has 1 aliphatic heterocycles. The fourth-order valence-corrected chi connectivity index (χ4v) is 8.45. The Balaban J connectivity index is 1.21. The van der Waals surface area contributed by atoms with Crippen LogP contribution in [-0.2, 0) is 18.4 Å². The van der Waals surface area contributed by atoms with Gasteiger partial charge in [0.1, 0.15) is 0 Å². The zero-order chi connectivity index (χ0) is 31.0. The highest BCUT2D eigenvalue weighted by Crippen LogP contribution is 2.69. The lowest BCUT2D eigenvalue weighted by Crippen LogP contribution is -2.82. The monoisotopic (exact) mass is 636 g/mol. The number of amides is 2. The van der Waals surface area contributed by atoms with Crippen molar-refractivity contribution in [3.8, 4) is 0 Å². The van der Waals surface area contributed by atoms with E-state index < -0.39 is 5.41 Å². The fourth-order valence-electron chi connectivity index (χ4n) is 7.92. The SMILES string of the molecule is Cn1c(Nc2c(Cl)ccc(CNC(=O)C(C)(C)C)c2Cl)nc2cc(C(=O)NC3CCCCC3)c(N3C4CCC45CCC35)cc21. The quantitative estimate of drug-likeness (QED) is 0.250. The van der Waals surface area contributed by atoms with Crippen LogP contribution in [0.25, 0.3) is 11.0 Å². The van der Waals surface area contributed by atoms with Crippen molar-refractivity contribution >= 4 is 63.4 Å². The van der Waals surface area contributed by atoms with Gasteiger partial charge in [-0.1, -0.05) is 69.3 Å². The lowest BCUT2D eigenvalue weighted by molar-refractivity contribution is -0.128. The van der Waals surface area contributed by atoms with Gasteiger partial charge in [-0.2, -0.15) is 0 Å². The zero-order valence-corrected chi connectivity index (χ0v) is 27.5. The second kappa shape index (κ2) is 10.8. The maximum absolute atomic E-state index is 13.9. The molecule has 1 aromatic heterocycles. The molecular formula is C34H42Cl2N6O2. The van der Waals surface area contributed by atoms with Crippen molar-refractivity contribution in [2.24, 2.45) is 17.9 Å². The first-order valence-electron chi connectivity index (χ1n) is 16.1. The highest BCUT2D eigenvalue weighted by Gasteiger charge is 2.70. The number of carbonyl (C=O) groups is 2. The molecule has 2 atom stereocenters. The van der Waals surface area contributed by atoms with Crippen LogP contribution in [0.1, 0.15) is 94.5 Å². The average molecular weight is 638 g/mol. The van der Waals surface area contributed by atoms with Crippen LogP contribution in [0, 0.1) is 10.8 Å². The lowest BCUT2D eigenvalue weighted by Gasteiger charge is -2.77. The molecule has 44 heavy (non-hydrogen) atoms. The molecule has 10 heteroatoms. The number of rotatable bonds is 7. The van der Waals surface area contributed by atoms with Crippen LogP contribution < -0.4 is 20.9 Å². The molecule has 0 bridgehead atoms. The van der Waals surface area contributed by atoms with Crippen LogP contribution in [0.15, 0.2) is 24.3 Å². The van der Waals surface area contributed by atoms with Gasteiger partial charge in [0.2, 0.25) is 11.9 Å². The number of nitrogens with zero attached hydrogens (tertiary/aromatic N) is 3. The van der Waals surface area contributed by atoms with Gasteiger partial charge in [0.25, 0.3) is 5.91 Å². The number of hydrogen-bond acceptors (Lipinski definition) is 5. The molecule has 7 rings (SSSR count). The number of aromatic nitrogens is 2. The van der Waals surface area contributed by atoms with Crippen LogP contribution in [0.3, 0.4) is 0 Å². The summed E-state index contributed by atoms with van der Waals surface area (Å²) in [6.07, 6.45) is 10.7. The minimum Gasteiger partial charge on any atom is -0.364 e. The van der Waals surface area contributed by atoms with Gasteiger partial charge in [-0.3, -0.25) is 9.59 Å². The van der Waals surface area contributed by atoms with Crippen molar-refractivity contribution in [1.82, 2.24) is 20.2 Å². The second-order valence-electron chi connectivity index (χ2n) is 14.4. The Hall–Kier alpha value is -2.97. The lowest BCUT2D eigenvalue weighted by atomic mass is 9.42. The van der Waals surface area contributed by atoms with E-state index >= 15 is 0 Å². The van der Waals surface area contributed by atoms with Gasteiger partial charge < -0.3 is 25.4 Å². The van der Waals surface area contributed by atoms with Crippen molar-refractivity contribution in [3.05, 3.63) is 45.4 Å². The molecule has 2 aromatic carbocycles. The Labute approximate surface area is 269 Å². The summed E-state index contributed by atoms with van der Waals surface area (Å²) in [6, 6.07) is 9.02. The van der Waals surface area contributed by atoms with E-state index in [4.69, 9.17) is 28.2 Å². The number of benzene rings is 2. The van der Waals surface area contributed by atoms with E-state index in [1.165, 1.54) is 44.9 Å². The minimum atomic E-state index is -0.507. The molecule has 234 valence electrons. The second-order valence-corrected chi connectivity index (χ2v) is 15.1. The van der Waals surface area contributed by atoms with Crippen LogP contribution in [0.4, 0.5) is 17.3 Å². The highest BCUT2D eigenvalue weighted by molar-refractivity contribution is 6.39. The first-order chi connectivity index (χ1) is 21.0. The zero-order valence-electron chi connectivity index (χ0n) is 26.0. The molecule has 2 amide bonds. The van der Waals surface area contributed by atoms with Crippen molar-refractivity contribution in [1.29, 1.82) is 0 Å². The molecule has 2 heterocycles. The van der Waals surface area contributed by atoms with Gasteiger partial charge in [0.05, 0.1) is 38.0 Å². The van der Waals surface area contributed by atoms with Gasteiger partial charge in [-0.15, -0.1) is 0 Å². The summed E-state index contributed by atoms with van der Waals surface area (Å²) in [4.78, 5) is 33.8. The van der Waals surface area contributed by atoms with Crippen molar-refractivity contribution in [3.63, 3.8) is 0 Å². The van der Waals surface area contributed by atoms with Gasteiger partial charge in [-0.25, -0.2) is 4.98 Å². The number of anilines is 3. The summed E-state index contributed by atoms with van der Waals surface area (Å²) in [7, 11) is 1.96. The van der Waals surface area contributed by atoms with Crippen molar-refractivity contribution in [2.45, 2.75) is 103 Å². The number of piperidine rings is 2. The van der Waals surface area contributed by atoms with E-state index in [0.29, 0.717) is 44.7 Å². The Kier molecular flexibility index (Phi) is 7.32. The van der Waals surface area contributed by atoms with Gasteiger partial charge in [-0.05, 0) is 62.3 Å². The van der Waals surface area contributed by atoms with Crippen LogP contribution >= 0.6 is 23.2 Å². The summed E-state index contributed by atoms with van der Waals surface area (Å²) in [5.41, 5.74) is 4.67. The first-order valence-corrected chi connectivity index (χ1v) is 16.9. The maximum atomic E-state index is 13.9. The molecule has 1 saturated heterocycles. The largest absolute Gasteiger partial charge is 0.364 e. The average Bonchev–Trinajstić information content (AvgIpc) is 3.26. The smallest absolute Gasteiger partial charge is 0.253 e. The third kappa shape index (κ3) is 4.75. The highest BCUT2D eigenvalue weighted by atomic mass is 35.5. The van der Waals surface area contributed by atoms with Crippen molar-refractivity contribution in [2.75, 3.05) is 10.2 Å². The van der Waals surface area contributed by atoms with Gasteiger partial charge in [0.15, 0.2) is 0 Å². The molecule has 3 N–H and O–H groups in total. The van der Waals surface area contributed by atoms with E-state index in [1.54, 1.807) is 6.07 Å². The number of nitrogens with one attached hydrogen (secondary N) is 3. The summed E-state index contributed by atoms with van der Waals surface area (Å²) in [5, 5.41) is 10.6. The standard InChI is InChI=1S/C34H42Cl2N6O2/c1-33(2,3)31(44)37-18-19-10-11-22(35)29(28(19)36)40-32-39-23-16-21(30(43)38-20-8-6-5-7-9-20)24(17-25(23)41(32)4)42-26-12-14-34(26)15-13-27(34)42/h10-11,16-17,20,26-27H,5-9,12-15,18H2,1-4H3,(H,37,44)(H,38,43)(H,39,40). The predicted octanol–water partition coefficient (Wildman–Crippen LogP) is 7.48. The van der Waals surface area contributed by atoms with E-state index in [-0.39, 0.29) is 24.4 Å². The van der Waals surface area contributed by atoms with Crippen LogP contribution in [0.5, 0.6) is 0 Å². The summed E-state index contributed by atoms with van der Waals surface area (Å²) in [5.74, 6) is 0.512. The third-order valence-corrected chi connectivity index (χ3v) is 11.5. The van der Waals surface area contributed by atoms with Crippen LogP contribution in [0.2, 0.25) is 10.0 Å². The molecule has 8 nitrogen and oxygen atoms in total. The number of hydrogen-bond donors (Lipinski definition) is 3. The molecule has 0 radical (unpaired) electrons. The Morgan fingerprint density at radius 3 is 2.36 bits per heavy atom. The number of carbonyl (C=O) groups excluding carboxylic acids is 2. The Morgan fingerprint density at radius 2 is 1.73 bits per heavy atom. The van der Waals surface area contributed by atoms with E-state index in [0.717, 1.165) is 35.1 Å².